The van der Waals surface area contributed by atoms with Crippen LogP contribution in [0.25, 0.3) is 0 Å². The molecule has 19 heavy (non-hydrogen) atoms. The first kappa shape index (κ1) is 13.6. The summed E-state index contributed by atoms with van der Waals surface area (Å²) in [4.78, 5) is 0.0378. The maximum absolute atomic E-state index is 12.0. The van der Waals surface area contributed by atoms with Crippen molar-refractivity contribution in [2.75, 3.05) is 11.0 Å². The number of hydrogen-bond donors (Lipinski definition) is 2. The van der Waals surface area contributed by atoms with Crippen molar-refractivity contribution < 1.29 is 16.8 Å². The third-order valence-corrected chi connectivity index (χ3v) is 4.84. The molecule has 1 aromatic heterocycles. The van der Waals surface area contributed by atoms with Crippen LogP contribution < -0.4 is 4.72 Å². The zero-order valence-corrected chi connectivity index (χ0v) is 11.5. The molecule has 0 aliphatic rings. The van der Waals surface area contributed by atoms with E-state index in [4.69, 9.17) is 0 Å². The number of anilines is 1. The van der Waals surface area contributed by atoms with Crippen molar-refractivity contribution in [3.8, 4) is 0 Å². The second kappa shape index (κ2) is 4.67. The fourth-order valence-electron chi connectivity index (χ4n) is 1.39. The highest BCUT2D eigenvalue weighted by atomic mass is 32.2. The van der Waals surface area contributed by atoms with Gasteiger partial charge in [0.25, 0.3) is 10.0 Å². The average Bonchev–Trinajstić information content (AvgIpc) is 2.80. The van der Waals surface area contributed by atoms with Crippen molar-refractivity contribution in [2.24, 2.45) is 0 Å². The first-order chi connectivity index (χ1) is 8.79. The summed E-state index contributed by atoms with van der Waals surface area (Å²) in [6.07, 6.45) is 3.77. The Labute approximate surface area is 110 Å². The molecule has 2 aromatic rings. The van der Waals surface area contributed by atoms with Crippen LogP contribution in [0.3, 0.4) is 0 Å². The molecule has 1 heterocycles. The van der Waals surface area contributed by atoms with Gasteiger partial charge in [0.1, 0.15) is 0 Å². The monoisotopic (exact) mass is 301 g/mol. The minimum absolute atomic E-state index is 0.0268. The van der Waals surface area contributed by atoms with Gasteiger partial charge >= 0.3 is 0 Å². The molecule has 2 N–H and O–H groups in total. The molecule has 1 aromatic carbocycles. The Balaban J connectivity index is 2.32. The van der Waals surface area contributed by atoms with Gasteiger partial charge in [-0.15, -0.1) is 0 Å². The third kappa shape index (κ3) is 3.12. The number of hydrogen-bond acceptors (Lipinski definition) is 5. The SMILES string of the molecule is CS(=O)(=O)c1ccc(S(=O)(=O)Nc2cn[nH]c2)cc1. The maximum Gasteiger partial charge on any atom is 0.261 e. The summed E-state index contributed by atoms with van der Waals surface area (Å²) in [7, 11) is -7.10. The lowest BCUT2D eigenvalue weighted by molar-refractivity contribution is 0.597. The Hall–Kier alpha value is -1.87. The highest BCUT2D eigenvalue weighted by molar-refractivity contribution is 7.92. The van der Waals surface area contributed by atoms with E-state index < -0.39 is 19.9 Å². The first-order valence-corrected chi connectivity index (χ1v) is 8.48. The van der Waals surface area contributed by atoms with E-state index in [1.165, 1.54) is 36.7 Å². The van der Waals surface area contributed by atoms with Gasteiger partial charge in [0.15, 0.2) is 9.84 Å². The van der Waals surface area contributed by atoms with Crippen molar-refractivity contribution in [3.63, 3.8) is 0 Å². The number of aromatic amines is 1. The number of nitrogens with zero attached hydrogens (tertiary/aromatic N) is 1. The number of aromatic nitrogens is 2. The molecular weight excluding hydrogens is 290 g/mol. The van der Waals surface area contributed by atoms with E-state index in [2.05, 4.69) is 14.9 Å². The number of H-pyrrole nitrogens is 1. The number of sulfonamides is 1. The predicted octanol–water partition coefficient (Wildman–Crippen LogP) is 0.614. The summed E-state index contributed by atoms with van der Waals surface area (Å²) in [5.41, 5.74) is 0.298. The van der Waals surface area contributed by atoms with Crippen molar-refractivity contribution >= 4 is 25.5 Å². The smallest absolute Gasteiger partial charge is 0.261 e. The molecule has 0 unspecified atom stereocenters. The first-order valence-electron chi connectivity index (χ1n) is 5.11. The summed E-state index contributed by atoms with van der Waals surface area (Å²) in [6.45, 7) is 0. The quantitative estimate of drug-likeness (QED) is 0.860. The van der Waals surface area contributed by atoms with Gasteiger partial charge in [0.05, 0.1) is 21.7 Å². The van der Waals surface area contributed by atoms with Crippen LogP contribution in [0.15, 0.2) is 46.5 Å². The molecule has 0 amide bonds. The topological polar surface area (TPSA) is 109 Å². The lowest BCUT2D eigenvalue weighted by atomic mass is 10.4. The maximum atomic E-state index is 12.0. The van der Waals surface area contributed by atoms with Gasteiger partial charge in [0, 0.05) is 12.5 Å². The molecule has 7 nitrogen and oxygen atoms in total. The number of sulfone groups is 1. The van der Waals surface area contributed by atoms with Gasteiger partial charge in [0.2, 0.25) is 0 Å². The molecule has 0 spiro atoms. The van der Waals surface area contributed by atoms with Crippen molar-refractivity contribution in [3.05, 3.63) is 36.7 Å². The van der Waals surface area contributed by atoms with Crippen LogP contribution in [-0.2, 0) is 19.9 Å². The molecule has 9 heteroatoms. The Morgan fingerprint density at radius 2 is 1.63 bits per heavy atom. The van der Waals surface area contributed by atoms with E-state index >= 15 is 0 Å². The van der Waals surface area contributed by atoms with Gasteiger partial charge in [-0.3, -0.25) is 9.82 Å². The summed E-state index contributed by atoms with van der Waals surface area (Å²) in [5.74, 6) is 0. The van der Waals surface area contributed by atoms with Gasteiger partial charge in [-0.25, -0.2) is 16.8 Å². The van der Waals surface area contributed by atoms with Crippen molar-refractivity contribution in [1.29, 1.82) is 0 Å². The van der Waals surface area contributed by atoms with Crippen LogP contribution in [0.2, 0.25) is 0 Å². The molecule has 0 saturated heterocycles. The van der Waals surface area contributed by atoms with E-state index in [1.807, 2.05) is 0 Å². The van der Waals surface area contributed by atoms with E-state index in [1.54, 1.807) is 0 Å². The van der Waals surface area contributed by atoms with E-state index in [0.717, 1.165) is 6.26 Å². The molecule has 0 atom stereocenters. The minimum atomic E-state index is -3.75. The Morgan fingerprint density at radius 1 is 1.05 bits per heavy atom. The second-order valence-electron chi connectivity index (χ2n) is 3.84. The summed E-state index contributed by atoms with van der Waals surface area (Å²) in [6, 6.07) is 4.97. The highest BCUT2D eigenvalue weighted by Crippen LogP contribution is 2.17. The van der Waals surface area contributed by atoms with E-state index in [9.17, 15) is 16.8 Å². The molecule has 0 fully saturated rings. The van der Waals surface area contributed by atoms with Gasteiger partial charge < -0.3 is 0 Å². The summed E-state index contributed by atoms with van der Waals surface area (Å²) in [5, 5.41) is 6.09. The van der Waals surface area contributed by atoms with Gasteiger partial charge in [-0.05, 0) is 24.3 Å². The molecule has 102 valence electrons. The van der Waals surface area contributed by atoms with Crippen LogP contribution >= 0.6 is 0 Å². The molecule has 0 radical (unpaired) electrons. The van der Waals surface area contributed by atoms with Crippen LogP contribution in [0.1, 0.15) is 0 Å². The number of rotatable bonds is 4. The predicted molar refractivity (Wildman–Crippen MR) is 68.9 cm³/mol. The molecule has 0 aliphatic carbocycles. The summed E-state index contributed by atoms with van der Waals surface area (Å²) < 4.78 is 48.8. The summed E-state index contributed by atoms with van der Waals surface area (Å²) >= 11 is 0. The number of nitrogens with one attached hydrogen (secondary N) is 2. The third-order valence-electron chi connectivity index (χ3n) is 2.31. The Morgan fingerprint density at radius 3 is 2.11 bits per heavy atom. The highest BCUT2D eigenvalue weighted by Gasteiger charge is 2.16. The number of benzene rings is 1. The molecule has 0 saturated carbocycles. The largest absolute Gasteiger partial charge is 0.284 e. The zero-order valence-electron chi connectivity index (χ0n) is 9.86. The van der Waals surface area contributed by atoms with Crippen LogP contribution in [0, 0.1) is 0 Å². The Bertz CT molecular complexity index is 763. The van der Waals surface area contributed by atoms with E-state index in [-0.39, 0.29) is 9.79 Å². The van der Waals surface area contributed by atoms with Crippen LogP contribution in [0.4, 0.5) is 5.69 Å². The van der Waals surface area contributed by atoms with Gasteiger partial charge in [-0.1, -0.05) is 0 Å². The fourth-order valence-corrected chi connectivity index (χ4v) is 3.05. The molecule has 2 rings (SSSR count). The Kier molecular flexibility index (Phi) is 3.33. The van der Waals surface area contributed by atoms with E-state index in [0.29, 0.717) is 5.69 Å². The van der Waals surface area contributed by atoms with Crippen LogP contribution in [0.5, 0.6) is 0 Å². The molecular formula is C10H11N3O4S2. The van der Waals surface area contributed by atoms with Crippen molar-refractivity contribution in [1.82, 2.24) is 10.2 Å². The normalized spacial score (nSPS) is 12.3. The lowest BCUT2D eigenvalue weighted by Gasteiger charge is -2.06. The zero-order chi connectivity index (χ0) is 14.1. The van der Waals surface area contributed by atoms with Crippen molar-refractivity contribution in [2.45, 2.75) is 9.79 Å². The average molecular weight is 301 g/mol. The fraction of sp³-hybridized carbons (Fsp3) is 0.100. The standard InChI is InChI=1S/C10H11N3O4S2/c1-18(14,15)9-2-4-10(5-3-9)19(16,17)13-8-6-11-12-7-8/h2-7,13H,1H3,(H,11,12). The minimum Gasteiger partial charge on any atom is -0.284 e. The lowest BCUT2D eigenvalue weighted by Crippen LogP contribution is -2.12. The molecule has 0 aliphatic heterocycles. The molecule has 0 bridgehead atoms. The second-order valence-corrected chi connectivity index (χ2v) is 7.53. The van der Waals surface area contributed by atoms with Crippen LogP contribution in [-0.4, -0.2) is 33.3 Å². The van der Waals surface area contributed by atoms with Gasteiger partial charge in [-0.2, -0.15) is 5.10 Å².